The molecule has 0 saturated heterocycles. The van der Waals surface area contributed by atoms with Gasteiger partial charge in [0.1, 0.15) is 0 Å². The molecule has 0 aliphatic carbocycles. The highest BCUT2D eigenvalue weighted by Crippen LogP contribution is 2.09. The van der Waals surface area contributed by atoms with E-state index in [1.54, 1.807) is 0 Å². The van der Waals surface area contributed by atoms with Crippen molar-refractivity contribution in [3.8, 4) is 0 Å². The molecule has 0 spiro atoms. The first-order valence-corrected chi connectivity index (χ1v) is 4.88. The SMILES string of the molecule is CC(C)(C)CNCCCN/C(N)=N\O. The van der Waals surface area contributed by atoms with Gasteiger partial charge in [0.2, 0.25) is 5.96 Å². The molecule has 14 heavy (non-hydrogen) atoms. The molecule has 0 rings (SSSR count). The van der Waals surface area contributed by atoms with Crippen molar-refractivity contribution in [2.24, 2.45) is 16.3 Å². The number of rotatable bonds is 5. The van der Waals surface area contributed by atoms with E-state index < -0.39 is 0 Å². The van der Waals surface area contributed by atoms with Crippen LogP contribution in [0.1, 0.15) is 27.2 Å². The van der Waals surface area contributed by atoms with Gasteiger partial charge < -0.3 is 21.6 Å². The fourth-order valence-corrected chi connectivity index (χ4v) is 0.929. The first-order valence-electron chi connectivity index (χ1n) is 4.88. The third-order valence-electron chi connectivity index (χ3n) is 1.60. The van der Waals surface area contributed by atoms with Crippen molar-refractivity contribution in [2.45, 2.75) is 27.2 Å². The molecule has 5 N–H and O–H groups in total. The Balaban J connectivity index is 3.23. The van der Waals surface area contributed by atoms with Crippen LogP contribution >= 0.6 is 0 Å². The molecule has 0 saturated carbocycles. The Morgan fingerprint density at radius 2 is 2.00 bits per heavy atom. The van der Waals surface area contributed by atoms with E-state index in [-0.39, 0.29) is 5.96 Å². The zero-order valence-electron chi connectivity index (χ0n) is 9.30. The van der Waals surface area contributed by atoms with Gasteiger partial charge in [0.15, 0.2) is 0 Å². The van der Waals surface area contributed by atoms with Crippen LogP contribution < -0.4 is 16.4 Å². The summed E-state index contributed by atoms with van der Waals surface area (Å²) in [5, 5.41) is 17.1. The number of nitrogens with zero attached hydrogens (tertiary/aromatic N) is 1. The lowest BCUT2D eigenvalue weighted by Crippen LogP contribution is -2.34. The summed E-state index contributed by atoms with van der Waals surface area (Å²) in [7, 11) is 0. The molecule has 0 aliphatic rings. The van der Waals surface area contributed by atoms with Gasteiger partial charge in [-0.3, -0.25) is 0 Å². The smallest absolute Gasteiger partial charge is 0.230 e. The largest absolute Gasteiger partial charge is 0.408 e. The molecule has 0 bridgehead atoms. The quantitative estimate of drug-likeness (QED) is 0.170. The first-order chi connectivity index (χ1) is 6.45. The standard InChI is InChI=1S/C9H22N4O/c1-9(2,3)7-11-5-4-6-12-8(10)13-14/h11,14H,4-7H2,1-3H3,(H3,10,12,13). The van der Waals surface area contributed by atoms with Crippen LogP contribution in [0.3, 0.4) is 0 Å². The van der Waals surface area contributed by atoms with E-state index >= 15 is 0 Å². The Morgan fingerprint density at radius 1 is 1.36 bits per heavy atom. The molecule has 0 heterocycles. The molecule has 0 aromatic heterocycles. The summed E-state index contributed by atoms with van der Waals surface area (Å²) >= 11 is 0. The Kier molecular flexibility index (Phi) is 6.03. The molecule has 0 radical (unpaired) electrons. The predicted molar refractivity (Wildman–Crippen MR) is 58.4 cm³/mol. The number of hydrogen-bond acceptors (Lipinski definition) is 3. The van der Waals surface area contributed by atoms with Gasteiger partial charge >= 0.3 is 0 Å². The van der Waals surface area contributed by atoms with Gasteiger partial charge in [0.25, 0.3) is 0 Å². The van der Waals surface area contributed by atoms with Crippen molar-refractivity contribution in [1.29, 1.82) is 0 Å². The van der Waals surface area contributed by atoms with E-state index in [0.717, 1.165) is 19.5 Å². The van der Waals surface area contributed by atoms with E-state index in [0.29, 0.717) is 12.0 Å². The lowest BCUT2D eigenvalue weighted by molar-refractivity contribution is 0.315. The highest BCUT2D eigenvalue weighted by molar-refractivity contribution is 5.76. The van der Waals surface area contributed by atoms with Crippen LogP contribution in [0.15, 0.2) is 5.16 Å². The number of nitrogens with two attached hydrogens (primary N) is 1. The molecule has 0 amide bonds. The molecule has 0 fully saturated rings. The molecule has 5 nitrogen and oxygen atoms in total. The van der Waals surface area contributed by atoms with Gasteiger partial charge in [0.05, 0.1) is 0 Å². The third-order valence-corrected chi connectivity index (χ3v) is 1.60. The van der Waals surface area contributed by atoms with Crippen LogP contribution in [-0.4, -0.2) is 30.8 Å². The van der Waals surface area contributed by atoms with Crippen molar-refractivity contribution in [3.05, 3.63) is 0 Å². The van der Waals surface area contributed by atoms with E-state index in [4.69, 9.17) is 10.9 Å². The van der Waals surface area contributed by atoms with Crippen molar-refractivity contribution >= 4 is 5.96 Å². The maximum absolute atomic E-state index is 8.23. The molecular weight excluding hydrogens is 180 g/mol. The predicted octanol–water partition coefficient (Wildman–Crippen LogP) is 0.306. The van der Waals surface area contributed by atoms with Crippen LogP contribution in [0.5, 0.6) is 0 Å². The molecule has 0 aromatic rings. The van der Waals surface area contributed by atoms with Crippen molar-refractivity contribution < 1.29 is 5.21 Å². The molecule has 0 unspecified atom stereocenters. The average Bonchev–Trinajstić information content (AvgIpc) is 2.08. The van der Waals surface area contributed by atoms with Crippen LogP contribution in [0.4, 0.5) is 0 Å². The van der Waals surface area contributed by atoms with Gasteiger partial charge in [-0.25, -0.2) is 0 Å². The Bertz CT molecular complexity index is 174. The second kappa shape index (κ2) is 6.48. The minimum Gasteiger partial charge on any atom is -0.408 e. The molecule has 0 atom stereocenters. The van der Waals surface area contributed by atoms with Crippen LogP contribution in [-0.2, 0) is 0 Å². The van der Waals surface area contributed by atoms with Crippen LogP contribution in [0.2, 0.25) is 0 Å². The summed E-state index contributed by atoms with van der Waals surface area (Å²) in [5.41, 5.74) is 5.54. The van der Waals surface area contributed by atoms with Crippen molar-refractivity contribution in [2.75, 3.05) is 19.6 Å². The summed E-state index contributed by atoms with van der Waals surface area (Å²) in [6.45, 7) is 9.21. The minimum atomic E-state index is 0.0702. The fourth-order valence-electron chi connectivity index (χ4n) is 0.929. The normalized spacial score (nSPS) is 12.9. The van der Waals surface area contributed by atoms with E-state index in [9.17, 15) is 0 Å². The summed E-state index contributed by atoms with van der Waals surface area (Å²) in [5.74, 6) is 0.0702. The topological polar surface area (TPSA) is 82.7 Å². The second-order valence-electron chi connectivity index (χ2n) is 4.50. The van der Waals surface area contributed by atoms with Crippen LogP contribution in [0, 0.1) is 5.41 Å². The average molecular weight is 202 g/mol. The minimum absolute atomic E-state index is 0.0702. The van der Waals surface area contributed by atoms with Crippen molar-refractivity contribution in [3.63, 3.8) is 0 Å². The Labute approximate surface area is 85.7 Å². The fraction of sp³-hybridized carbons (Fsp3) is 0.889. The number of hydrogen-bond donors (Lipinski definition) is 4. The maximum atomic E-state index is 8.23. The zero-order valence-corrected chi connectivity index (χ0v) is 9.30. The van der Waals surface area contributed by atoms with Gasteiger partial charge in [-0.15, -0.1) is 0 Å². The number of oxime groups is 1. The lowest BCUT2D eigenvalue weighted by atomic mass is 9.97. The highest BCUT2D eigenvalue weighted by Gasteiger charge is 2.07. The van der Waals surface area contributed by atoms with E-state index in [1.807, 2.05) is 0 Å². The number of nitrogens with one attached hydrogen (secondary N) is 2. The highest BCUT2D eigenvalue weighted by atomic mass is 16.4. The molecule has 5 heteroatoms. The van der Waals surface area contributed by atoms with E-state index in [1.165, 1.54) is 0 Å². The van der Waals surface area contributed by atoms with Crippen molar-refractivity contribution in [1.82, 2.24) is 10.6 Å². The lowest BCUT2D eigenvalue weighted by Gasteiger charge is -2.18. The summed E-state index contributed by atoms with van der Waals surface area (Å²) in [6.07, 6.45) is 0.951. The zero-order chi connectivity index (χ0) is 11.0. The molecule has 84 valence electrons. The molecule has 0 aromatic carbocycles. The summed E-state index contributed by atoms with van der Waals surface area (Å²) in [6, 6.07) is 0. The number of guanidine groups is 1. The Hall–Kier alpha value is -0.970. The van der Waals surface area contributed by atoms with Gasteiger partial charge in [0, 0.05) is 6.54 Å². The monoisotopic (exact) mass is 202 g/mol. The first kappa shape index (κ1) is 13.0. The van der Waals surface area contributed by atoms with Gasteiger partial charge in [-0.05, 0) is 24.9 Å². The van der Waals surface area contributed by atoms with Crippen LogP contribution in [0.25, 0.3) is 0 Å². The van der Waals surface area contributed by atoms with E-state index in [2.05, 4.69) is 36.6 Å². The second-order valence-corrected chi connectivity index (χ2v) is 4.50. The maximum Gasteiger partial charge on any atom is 0.230 e. The summed E-state index contributed by atoms with van der Waals surface area (Å²) in [4.78, 5) is 0. The van der Waals surface area contributed by atoms with Gasteiger partial charge in [-0.2, -0.15) is 0 Å². The summed E-state index contributed by atoms with van der Waals surface area (Å²) < 4.78 is 0. The Morgan fingerprint density at radius 3 is 2.50 bits per heavy atom. The van der Waals surface area contributed by atoms with Gasteiger partial charge in [-0.1, -0.05) is 25.9 Å². The molecular formula is C9H22N4O. The third kappa shape index (κ3) is 9.12. The molecule has 0 aliphatic heterocycles.